The Hall–Kier alpha value is -2.61. The van der Waals surface area contributed by atoms with Gasteiger partial charge in [0.1, 0.15) is 5.75 Å². The van der Waals surface area contributed by atoms with Gasteiger partial charge in [-0.2, -0.15) is 5.26 Å². The summed E-state index contributed by atoms with van der Waals surface area (Å²) >= 11 is 0. The molecule has 5 heteroatoms. The van der Waals surface area contributed by atoms with Crippen molar-refractivity contribution >= 4 is 5.95 Å². The van der Waals surface area contributed by atoms with Crippen molar-refractivity contribution in [2.24, 2.45) is 0 Å². The lowest BCUT2D eigenvalue weighted by Gasteiger charge is -2.11. The summed E-state index contributed by atoms with van der Waals surface area (Å²) in [5, 5.41) is 10.9. The van der Waals surface area contributed by atoms with Crippen molar-refractivity contribution in [2.45, 2.75) is 13.8 Å². The van der Waals surface area contributed by atoms with E-state index >= 15 is 0 Å². The number of nitrogens with one attached hydrogen (secondary N) is 1. The minimum Gasteiger partial charge on any atom is -0.496 e. The van der Waals surface area contributed by atoms with E-state index in [1.54, 1.807) is 25.7 Å². The first kappa shape index (κ1) is 12.8. The number of aromatic nitrogens is 2. The fourth-order valence-corrected chi connectivity index (χ4v) is 1.77. The predicted molar refractivity (Wildman–Crippen MR) is 72.7 cm³/mol. The largest absolute Gasteiger partial charge is 0.496 e. The highest BCUT2D eigenvalue weighted by Gasteiger charge is 2.09. The number of methoxy groups -OCH3 is 1. The molecule has 1 N–H and O–H groups in total. The molecule has 0 amide bonds. The summed E-state index contributed by atoms with van der Waals surface area (Å²) in [6.45, 7) is 4.09. The van der Waals surface area contributed by atoms with E-state index in [9.17, 15) is 0 Å². The maximum atomic E-state index is 8.49. The zero-order valence-corrected chi connectivity index (χ0v) is 11.1. The van der Waals surface area contributed by atoms with Crippen LogP contribution in [0.25, 0.3) is 11.1 Å². The highest BCUT2D eigenvalue weighted by atomic mass is 16.5. The first-order valence-corrected chi connectivity index (χ1v) is 5.78. The standard InChI is InChI=1S/C14H14N4O/c1-9-4-12(13(19-3)5-10(9)2)11-6-16-14(17-7-11)18-8-15/h4-7H,1-3H3,(H,16,17,18). The smallest absolute Gasteiger partial charge is 0.236 e. The van der Waals surface area contributed by atoms with Gasteiger partial charge in [-0.05, 0) is 37.1 Å². The number of nitriles is 1. The van der Waals surface area contributed by atoms with Crippen molar-refractivity contribution in [1.82, 2.24) is 9.97 Å². The van der Waals surface area contributed by atoms with Crippen LogP contribution in [-0.2, 0) is 0 Å². The fourth-order valence-electron chi connectivity index (χ4n) is 1.77. The molecule has 0 atom stereocenters. The minimum absolute atomic E-state index is 0.286. The number of aryl methyl sites for hydroxylation is 2. The van der Waals surface area contributed by atoms with E-state index in [0.717, 1.165) is 16.9 Å². The zero-order valence-electron chi connectivity index (χ0n) is 11.1. The molecule has 0 aliphatic heterocycles. The quantitative estimate of drug-likeness (QED) is 0.673. The number of benzene rings is 1. The van der Waals surface area contributed by atoms with Gasteiger partial charge in [0.05, 0.1) is 7.11 Å². The van der Waals surface area contributed by atoms with E-state index in [1.807, 2.05) is 26.0 Å². The number of nitrogens with zero attached hydrogens (tertiary/aromatic N) is 3. The van der Waals surface area contributed by atoms with Crippen LogP contribution in [0.1, 0.15) is 11.1 Å². The van der Waals surface area contributed by atoms with Gasteiger partial charge in [-0.25, -0.2) is 9.97 Å². The van der Waals surface area contributed by atoms with E-state index in [-0.39, 0.29) is 5.95 Å². The first-order chi connectivity index (χ1) is 9.15. The number of ether oxygens (including phenoxy) is 1. The normalized spacial score (nSPS) is 9.79. The van der Waals surface area contributed by atoms with Crippen molar-refractivity contribution in [3.05, 3.63) is 35.7 Å². The van der Waals surface area contributed by atoms with Crippen LogP contribution in [0.4, 0.5) is 5.95 Å². The van der Waals surface area contributed by atoms with Crippen LogP contribution in [0, 0.1) is 25.3 Å². The van der Waals surface area contributed by atoms with Gasteiger partial charge in [0.15, 0.2) is 6.19 Å². The molecule has 0 radical (unpaired) electrons. The minimum atomic E-state index is 0.286. The second-order valence-corrected chi connectivity index (χ2v) is 4.17. The molecule has 0 unspecified atom stereocenters. The van der Waals surface area contributed by atoms with Crippen LogP contribution in [0.2, 0.25) is 0 Å². The predicted octanol–water partition coefficient (Wildman–Crippen LogP) is 2.66. The molecule has 2 aromatic rings. The third-order valence-corrected chi connectivity index (χ3v) is 2.95. The molecule has 19 heavy (non-hydrogen) atoms. The van der Waals surface area contributed by atoms with E-state index < -0.39 is 0 Å². The Morgan fingerprint density at radius 1 is 1.16 bits per heavy atom. The number of rotatable bonds is 3. The van der Waals surface area contributed by atoms with E-state index in [4.69, 9.17) is 10.00 Å². The average molecular weight is 254 g/mol. The highest BCUT2D eigenvalue weighted by Crippen LogP contribution is 2.31. The topological polar surface area (TPSA) is 70.8 Å². The summed E-state index contributed by atoms with van der Waals surface area (Å²) in [5.41, 5.74) is 4.14. The SMILES string of the molecule is COc1cc(C)c(C)cc1-c1cnc(NC#N)nc1. The lowest BCUT2D eigenvalue weighted by molar-refractivity contribution is 0.416. The molecule has 0 saturated heterocycles. The van der Waals surface area contributed by atoms with Gasteiger partial charge in [0.25, 0.3) is 0 Å². The van der Waals surface area contributed by atoms with Gasteiger partial charge in [0, 0.05) is 23.5 Å². The Kier molecular flexibility index (Phi) is 3.62. The zero-order chi connectivity index (χ0) is 13.8. The van der Waals surface area contributed by atoms with Crippen LogP contribution in [0.3, 0.4) is 0 Å². The van der Waals surface area contributed by atoms with E-state index in [1.165, 1.54) is 11.1 Å². The Morgan fingerprint density at radius 3 is 2.37 bits per heavy atom. The lowest BCUT2D eigenvalue weighted by Crippen LogP contribution is -1.96. The summed E-state index contributed by atoms with van der Waals surface area (Å²) in [7, 11) is 1.64. The molecule has 0 saturated carbocycles. The lowest BCUT2D eigenvalue weighted by atomic mass is 10.0. The number of hydrogen-bond acceptors (Lipinski definition) is 5. The van der Waals surface area contributed by atoms with Gasteiger partial charge in [-0.1, -0.05) is 0 Å². The molecule has 96 valence electrons. The van der Waals surface area contributed by atoms with Gasteiger partial charge in [-0.15, -0.1) is 0 Å². The molecular weight excluding hydrogens is 240 g/mol. The molecule has 1 aromatic heterocycles. The van der Waals surface area contributed by atoms with Crippen LogP contribution in [0.5, 0.6) is 5.75 Å². The monoisotopic (exact) mass is 254 g/mol. The molecule has 2 rings (SSSR count). The highest BCUT2D eigenvalue weighted by molar-refractivity contribution is 5.71. The third-order valence-electron chi connectivity index (χ3n) is 2.95. The van der Waals surface area contributed by atoms with E-state index in [2.05, 4.69) is 15.3 Å². The van der Waals surface area contributed by atoms with Crippen LogP contribution < -0.4 is 10.1 Å². The summed E-state index contributed by atoms with van der Waals surface area (Å²) in [6, 6.07) is 4.04. The van der Waals surface area contributed by atoms with Crippen molar-refractivity contribution < 1.29 is 4.74 Å². The molecular formula is C14H14N4O. The van der Waals surface area contributed by atoms with Crippen molar-refractivity contribution in [3.63, 3.8) is 0 Å². The summed E-state index contributed by atoms with van der Waals surface area (Å²) in [5.74, 6) is 1.07. The van der Waals surface area contributed by atoms with Crippen LogP contribution in [0.15, 0.2) is 24.5 Å². The molecule has 0 bridgehead atoms. The molecule has 0 fully saturated rings. The maximum Gasteiger partial charge on any atom is 0.236 e. The Labute approximate surface area is 111 Å². The summed E-state index contributed by atoms with van der Waals surface area (Å²) in [4.78, 5) is 8.14. The van der Waals surface area contributed by atoms with Crippen molar-refractivity contribution in [3.8, 4) is 23.1 Å². The Morgan fingerprint density at radius 2 is 1.79 bits per heavy atom. The summed E-state index contributed by atoms with van der Waals surface area (Å²) in [6.07, 6.45) is 5.11. The van der Waals surface area contributed by atoms with Gasteiger partial charge < -0.3 is 4.74 Å². The van der Waals surface area contributed by atoms with E-state index in [0.29, 0.717) is 0 Å². The number of anilines is 1. The molecule has 0 aliphatic carbocycles. The van der Waals surface area contributed by atoms with Gasteiger partial charge in [0.2, 0.25) is 5.95 Å². The average Bonchev–Trinajstić information content (AvgIpc) is 2.43. The molecule has 1 heterocycles. The van der Waals surface area contributed by atoms with Crippen LogP contribution >= 0.6 is 0 Å². The molecule has 0 aliphatic rings. The Balaban J connectivity index is 2.46. The second kappa shape index (κ2) is 5.36. The van der Waals surface area contributed by atoms with Gasteiger partial charge >= 0.3 is 0 Å². The second-order valence-electron chi connectivity index (χ2n) is 4.17. The van der Waals surface area contributed by atoms with Gasteiger partial charge in [-0.3, -0.25) is 5.32 Å². The molecule has 1 aromatic carbocycles. The molecule has 5 nitrogen and oxygen atoms in total. The third kappa shape index (κ3) is 2.63. The maximum absolute atomic E-state index is 8.49. The van der Waals surface area contributed by atoms with Crippen LogP contribution in [-0.4, -0.2) is 17.1 Å². The number of hydrogen-bond donors (Lipinski definition) is 1. The van der Waals surface area contributed by atoms with Crippen molar-refractivity contribution in [2.75, 3.05) is 12.4 Å². The first-order valence-electron chi connectivity index (χ1n) is 5.78. The Bertz CT molecular complexity index is 629. The summed E-state index contributed by atoms with van der Waals surface area (Å²) < 4.78 is 5.39. The molecule has 0 spiro atoms. The fraction of sp³-hybridized carbons (Fsp3) is 0.214. The van der Waals surface area contributed by atoms with Crippen molar-refractivity contribution in [1.29, 1.82) is 5.26 Å².